The fourth-order valence-corrected chi connectivity index (χ4v) is 2.97. The fraction of sp³-hybridized carbons (Fsp3) is 0.611. The van der Waals surface area contributed by atoms with Crippen molar-refractivity contribution in [2.45, 2.75) is 37.9 Å². The third-order valence-corrected chi connectivity index (χ3v) is 4.50. The summed E-state index contributed by atoms with van der Waals surface area (Å²) in [5.74, 6) is 0.360. The number of benzene rings is 1. The molecule has 0 atom stereocenters. The number of aryl methyl sites for hydroxylation is 1. The normalized spacial score (nSPS) is 15.2. The van der Waals surface area contributed by atoms with Crippen molar-refractivity contribution in [2.75, 3.05) is 33.9 Å². The van der Waals surface area contributed by atoms with Gasteiger partial charge < -0.3 is 19.7 Å². The number of alkyl halides is 3. The maximum Gasteiger partial charge on any atom is 0.422 e. The predicted octanol–water partition coefficient (Wildman–Crippen LogP) is 3.20. The number of hydrogen-bond acceptors (Lipinski definition) is 4. The van der Waals surface area contributed by atoms with E-state index in [9.17, 15) is 18.0 Å². The smallest absolute Gasteiger partial charge is 0.422 e. The lowest BCUT2D eigenvalue weighted by Gasteiger charge is -2.31. The molecule has 1 aromatic carbocycles. The van der Waals surface area contributed by atoms with Gasteiger partial charge in [-0.3, -0.25) is 4.79 Å². The number of carbonyl (C=O) groups is 1. The first-order valence-corrected chi connectivity index (χ1v) is 8.64. The Bertz CT molecular complexity index is 606. The molecule has 1 aromatic rings. The van der Waals surface area contributed by atoms with Crippen molar-refractivity contribution in [2.24, 2.45) is 0 Å². The number of halogens is 4. The van der Waals surface area contributed by atoms with Crippen LogP contribution in [0.2, 0.25) is 0 Å². The largest absolute Gasteiger partial charge is 0.493 e. The Kier molecular flexibility index (Phi) is 9.18. The molecule has 1 aliphatic heterocycles. The maximum atomic E-state index is 12.3. The van der Waals surface area contributed by atoms with Crippen LogP contribution in [0.15, 0.2) is 18.2 Å². The monoisotopic (exact) mass is 410 g/mol. The number of rotatable bonds is 7. The second-order valence-corrected chi connectivity index (χ2v) is 6.33. The van der Waals surface area contributed by atoms with Crippen molar-refractivity contribution in [1.82, 2.24) is 10.2 Å². The van der Waals surface area contributed by atoms with E-state index in [1.54, 1.807) is 12.1 Å². The standard InChI is InChI=1S/C18H25F3N2O3.ClH/c1-22-14-7-9-23(10-8-14)17(24)6-4-13-3-5-15(16(11-13)25-2)26-12-18(19,20)21;/h3,5,11,14,22H,4,6-10,12H2,1-2H3;1H. The van der Waals surface area contributed by atoms with Crippen molar-refractivity contribution in [3.05, 3.63) is 23.8 Å². The molecule has 9 heteroatoms. The Labute approximate surface area is 163 Å². The molecule has 1 aliphatic rings. The number of carbonyl (C=O) groups excluding carboxylic acids is 1. The highest BCUT2D eigenvalue weighted by Gasteiger charge is 2.29. The second-order valence-electron chi connectivity index (χ2n) is 6.33. The van der Waals surface area contributed by atoms with Crippen molar-refractivity contribution in [3.8, 4) is 11.5 Å². The van der Waals surface area contributed by atoms with Gasteiger partial charge in [-0.15, -0.1) is 12.4 Å². The van der Waals surface area contributed by atoms with Crippen LogP contribution in [0.25, 0.3) is 0 Å². The van der Waals surface area contributed by atoms with Crippen LogP contribution in [0.1, 0.15) is 24.8 Å². The third kappa shape index (κ3) is 7.46. The van der Waals surface area contributed by atoms with Gasteiger partial charge in [0.15, 0.2) is 18.1 Å². The van der Waals surface area contributed by atoms with Crippen molar-refractivity contribution < 1.29 is 27.4 Å². The van der Waals surface area contributed by atoms with E-state index in [4.69, 9.17) is 9.47 Å². The number of likely N-dealkylation sites (tertiary alicyclic amines) is 1. The molecule has 0 unspecified atom stereocenters. The summed E-state index contributed by atoms with van der Waals surface area (Å²) in [5.41, 5.74) is 0.819. The van der Waals surface area contributed by atoms with Crippen molar-refractivity contribution in [1.29, 1.82) is 0 Å². The van der Waals surface area contributed by atoms with Crippen LogP contribution >= 0.6 is 12.4 Å². The highest BCUT2D eigenvalue weighted by molar-refractivity contribution is 5.85. The van der Waals surface area contributed by atoms with E-state index >= 15 is 0 Å². The minimum atomic E-state index is -4.41. The minimum absolute atomic E-state index is 0. The zero-order valence-electron chi connectivity index (χ0n) is 15.5. The van der Waals surface area contributed by atoms with Crippen molar-refractivity contribution in [3.63, 3.8) is 0 Å². The Morgan fingerprint density at radius 2 is 1.93 bits per heavy atom. The zero-order chi connectivity index (χ0) is 19.2. The summed E-state index contributed by atoms with van der Waals surface area (Å²) in [4.78, 5) is 14.2. The molecule has 1 amide bonds. The molecule has 1 heterocycles. The van der Waals surface area contributed by atoms with E-state index in [-0.39, 0.29) is 29.8 Å². The fourth-order valence-electron chi connectivity index (χ4n) is 2.97. The molecule has 0 aliphatic carbocycles. The van der Waals surface area contributed by atoms with Crippen LogP contribution in [0.4, 0.5) is 13.2 Å². The van der Waals surface area contributed by atoms with Crippen LogP contribution in [-0.4, -0.2) is 56.9 Å². The number of nitrogens with one attached hydrogen (secondary N) is 1. The number of amides is 1. The first kappa shape index (κ1) is 23.4. The highest BCUT2D eigenvalue weighted by Crippen LogP contribution is 2.30. The number of nitrogens with zero attached hydrogens (tertiary/aromatic N) is 1. The quantitative estimate of drug-likeness (QED) is 0.750. The Balaban J connectivity index is 0.00000364. The van der Waals surface area contributed by atoms with Gasteiger partial charge in [-0.25, -0.2) is 0 Å². The number of piperidine rings is 1. The average molecular weight is 411 g/mol. The first-order chi connectivity index (χ1) is 12.3. The van der Waals surface area contributed by atoms with E-state index in [0.717, 1.165) is 31.5 Å². The topological polar surface area (TPSA) is 50.8 Å². The number of methoxy groups -OCH3 is 1. The van der Waals surface area contributed by atoms with Gasteiger partial charge in [-0.2, -0.15) is 13.2 Å². The summed E-state index contributed by atoms with van der Waals surface area (Å²) in [5, 5.41) is 3.22. The molecule has 0 radical (unpaired) electrons. The van der Waals surface area contributed by atoms with E-state index in [0.29, 0.717) is 18.9 Å². The predicted molar refractivity (Wildman–Crippen MR) is 98.8 cm³/mol. The van der Waals surface area contributed by atoms with Crippen LogP contribution in [-0.2, 0) is 11.2 Å². The molecule has 1 N–H and O–H groups in total. The minimum Gasteiger partial charge on any atom is -0.493 e. The van der Waals surface area contributed by atoms with Crippen LogP contribution in [0, 0.1) is 0 Å². The van der Waals surface area contributed by atoms with Gasteiger partial charge in [0.1, 0.15) is 0 Å². The molecule has 0 aromatic heterocycles. The Morgan fingerprint density at radius 3 is 2.48 bits per heavy atom. The summed E-state index contributed by atoms with van der Waals surface area (Å²) in [6, 6.07) is 5.19. The van der Waals surface area contributed by atoms with Gasteiger partial charge in [0.05, 0.1) is 7.11 Å². The van der Waals surface area contributed by atoms with Crippen LogP contribution < -0.4 is 14.8 Å². The van der Waals surface area contributed by atoms with E-state index < -0.39 is 12.8 Å². The summed E-state index contributed by atoms with van der Waals surface area (Å²) < 4.78 is 46.7. The second kappa shape index (κ2) is 10.6. The Hall–Kier alpha value is -1.67. The average Bonchev–Trinajstić information content (AvgIpc) is 2.64. The van der Waals surface area contributed by atoms with Gasteiger partial charge in [0.2, 0.25) is 5.91 Å². The summed E-state index contributed by atoms with van der Waals surface area (Å²) in [6.07, 6.45) is -1.66. The molecular formula is C18H26ClF3N2O3. The third-order valence-electron chi connectivity index (χ3n) is 4.50. The van der Waals surface area contributed by atoms with E-state index in [2.05, 4.69) is 5.32 Å². The van der Waals surface area contributed by atoms with E-state index in [1.165, 1.54) is 13.2 Å². The first-order valence-electron chi connectivity index (χ1n) is 8.64. The van der Waals surface area contributed by atoms with Gasteiger partial charge in [-0.05, 0) is 44.0 Å². The lowest BCUT2D eigenvalue weighted by Crippen LogP contribution is -2.44. The SMILES string of the molecule is CNC1CCN(C(=O)CCc2ccc(OCC(F)(F)F)c(OC)c2)CC1.Cl. The lowest BCUT2D eigenvalue weighted by atomic mass is 10.0. The molecule has 2 rings (SSSR count). The van der Waals surface area contributed by atoms with Gasteiger partial charge in [0, 0.05) is 25.6 Å². The van der Waals surface area contributed by atoms with Crippen molar-refractivity contribution >= 4 is 18.3 Å². The van der Waals surface area contributed by atoms with Crippen LogP contribution in [0.5, 0.6) is 11.5 Å². The van der Waals surface area contributed by atoms with Gasteiger partial charge in [0.25, 0.3) is 0 Å². The van der Waals surface area contributed by atoms with Gasteiger partial charge >= 0.3 is 6.18 Å². The molecule has 5 nitrogen and oxygen atoms in total. The molecule has 0 bridgehead atoms. The number of hydrogen-bond donors (Lipinski definition) is 1. The van der Waals surface area contributed by atoms with Crippen LogP contribution in [0.3, 0.4) is 0 Å². The maximum absolute atomic E-state index is 12.3. The van der Waals surface area contributed by atoms with E-state index in [1.807, 2.05) is 11.9 Å². The zero-order valence-corrected chi connectivity index (χ0v) is 16.3. The Morgan fingerprint density at radius 1 is 1.26 bits per heavy atom. The molecule has 1 saturated heterocycles. The molecule has 0 spiro atoms. The molecule has 0 saturated carbocycles. The number of ether oxygens (including phenoxy) is 2. The summed E-state index contributed by atoms with van der Waals surface area (Å²) in [6.45, 7) is 0.125. The summed E-state index contributed by atoms with van der Waals surface area (Å²) in [7, 11) is 3.30. The molecule has 154 valence electrons. The molecule has 27 heavy (non-hydrogen) atoms. The molecule has 1 fully saturated rings. The highest BCUT2D eigenvalue weighted by atomic mass is 35.5. The lowest BCUT2D eigenvalue weighted by molar-refractivity contribution is -0.153. The van der Waals surface area contributed by atoms with Gasteiger partial charge in [-0.1, -0.05) is 6.07 Å². The summed E-state index contributed by atoms with van der Waals surface area (Å²) >= 11 is 0. The molecular weight excluding hydrogens is 385 g/mol.